The quantitative estimate of drug-likeness (QED) is 0.930. The fourth-order valence-electron chi connectivity index (χ4n) is 3.84. The van der Waals surface area contributed by atoms with Crippen LogP contribution in [-0.4, -0.2) is 44.7 Å². The Morgan fingerprint density at radius 3 is 2.76 bits per heavy atom. The third-order valence-corrected chi connectivity index (χ3v) is 5.03. The molecule has 2 unspecified atom stereocenters. The van der Waals surface area contributed by atoms with Gasteiger partial charge in [0.15, 0.2) is 5.69 Å². The molecule has 3 rings (SSSR count). The number of likely N-dealkylation sites (tertiary alicyclic amines) is 1. The Labute approximate surface area is 126 Å². The van der Waals surface area contributed by atoms with E-state index in [-0.39, 0.29) is 0 Å². The molecule has 0 radical (unpaired) electrons. The van der Waals surface area contributed by atoms with Crippen molar-refractivity contribution >= 4 is 5.97 Å². The summed E-state index contributed by atoms with van der Waals surface area (Å²) in [6.45, 7) is 8.71. The fraction of sp³-hybridized carbons (Fsp3) is 0.750. The van der Waals surface area contributed by atoms with Gasteiger partial charge in [-0.3, -0.25) is 0 Å². The summed E-state index contributed by atoms with van der Waals surface area (Å²) in [6, 6.07) is 0.916. The van der Waals surface area contributed by atoms with Crippen molar-refractivity contribution in [3.63, 3.8) is 0 Å². The Bertz CT molecular complexity index is 550. The van der Waals surface area contributed by atoms with Gasteiger partial charge in [0.05, 0.1) is 5.69 Å². The number of fused-ring (bicyclic) bond motifs is 1. The van der Waals surface area contributed by atoms with Crippen LogP contribution in [0.1, 0.15) is 74.0 Å². The van der Waals surface area contributed by atoms with Crippen LogP contribution in [0.25, 0.3) is 0 Å². The number of aromatic carboxylic acids is 1. The summed E-state index contributed by atoms with van der Waals surface area (Å²) in [7, 11) is 0. The van der Waals surface area contributed by atoms with E-state index in [0.717, 1.165) is 50.3 Å². The number of rotatable bonds is 3. The first-order chi connectivity index (χ1) is 9.99. The lowest BCUT2D eigenvalue weighted by Crippen LogP contribution is -2.28. The molecule has 2 aliphatic heterocycles. The highest BCUT2D eigenvalue weighted by atomic mass is 16.4. The van der Waals surface area contributed by atoms with Crippen molar-refractivity contribution in [3.05, 3.63) is 17.2 Å². The standard InChI is InChI=1S/C16H25N3O2/c1-10(2)18-8-7-12(9-18)15-17-14(16(20)21)13-6-4-5-11(3)19(13)15/h10-12H,4-9H2,1-3H3,(H,20,21). The Kier molecular flexibility index (Phi) is 3.78. The highest BCUT2D eigenvalue weighted by molar-refractivity contribution is 5.87. The van der Waals surface area contributed by atoms with Crippen molar-refractivity contribution in [3.8, 4) is 0 Å². The van der Waals surface area contributed by atoms with Crippen molar-refractivity contribution in [1.29, 1.82) is 0 Å². The lowest BCUT2D eigenvalue weighted by Gasteiger charge is -2.26. The average Bonchev–Trinajstić information content (AvgIpc) is 3.03. The predicted molar refractivity (Wildman–Crippen MR) is 80.9 cm³/mol. The second kappa shape index (κ2) is 5.44. The maximum absolute atomic E-state index is 11.5. The number of aromatic nitrogens is 2. The van der Waals surface area contributed by atoms with Gasteiger partial charge in [-0.1, -0.05) is 0 Å². The van der Waals surface area contributed by atoms with Crippen LogP contribution in [0.4, 0.5) is 0 Å². The van der Waals surface area contributed by atoms with Crippen molar-refractivity contribution in [2.24, 2.45) is 0 Å². The van der Waals surface area contributed by atoms with Crippen LogP contribution in [0.5, 0.6) is 0 Å². The topological polar surface area (TPSA) is 58.4 Å². The zero-order valence-electron chi connectivity index (χ0n) is 13.2. The van der Waals surface area contributed by atoms with E-state index in [1.165, 1.54) is 0 Å². The van der Waals surface area contributed by atoms with Crippen molar-refractivity contribution in [2.75, 3.05) is 13.1 Å². The predicted octanol–water partition coefficient (Wildman–Crippen LogP) is 2.68. The molecule has 2 atom stereocenters. The number of nitrogens with zero attached hydrogens (tertiary/aromatic N) is 3. The Morgan fingerprint density at radius 1 is 1.38 bits per heavy atom. The molecule has 0 aromatic carbocycles. The molecule has 1 saturated heterocycles. The molecule has 116 valence electrons. The van der Waals surface area contributed by atoms with Crippen LogP contribution < -0.4 is 0 Å². The number of carbonyl (C=O) groups is 1. The molecule has 2 aliphatic rings. The largest absolute Gasteiger partial charge is 0.476 e. The fourth-order valence-corrected chi connectivity index (χ4v) is 3.84. The van der Waals surface area contributed by atoms with E-state index in [1.807, 2.05) is 0 Å². The lowest BCUT2D eigenvalue weighted by atomic mass is 10.0. The van der Waals surface area contributed by atoms with Gasteiger partial charge in [-0.15, -0.1) is 0 Å². The van der Waals surface area contributed by atoms with Crippen LogP contribution in [0.3, 0.4) is 0 Å². The second-order valence-corrected chi connectivity index (χ2v) is 6.76. The molecule has 0 amide bonds. The van der Waals surface area contributed by atoms with Gasteiger partial charge in [-0.2, -0.15) is 0 Å². The van der Waals surface area contributed by atoms with Crippen LogP contribution in [0.2, 0.25) is 0 Å². The summed E-state index contributed by atoms with van der Waals surface area (Å²) in [5, 5.41) is 9.44. The van der Waals surface area contributed by atoms with E-state index in [2.05, 4.69) is 35.2 Å². The first-order valence-electron chi connectivity index (χ1n) is 8.07. The molecule has 0 saturated carbocycles. The Hall–Kier alpha value is -1.36. The number of carboxylic acid groups (broad SMARTS) is 1. The molecule has 0 spiro atoms. The highest BCUT2D eigenvalue weighted by Gasteiger charge is 2.34. The minimum absolute atomic E-state index is 0.291. The summed E-state index contributed by atoms with van der Waals surface area (Å²) in [5.74, 6) is 0.510. The minimum atomic E-state index is -0.877. The zero-order chi connectivity index (χ0) is 15.1. The van der Waals surface area contributed by atoms with E-state index >= 15 is 0 Å². The number of carboxylic acids is 1. The van der Waals surface area contributed by atoms with Gasteiger partial charge < -0.3 is 14.6 Å². The number of hydrogen-bond donors (Lipinski definition) is 1. The summed E-state index contributed by atoms with van der Waals surface area (Å²) in [5.41, 5.74) is 1.23. The average molecular weight is 291 g/mol. The maximum Gasteiger partial charge on any atom is 0.356 e. The van der Waals surface area contributed by atoms with E-state index < -0.39 is 5.97 Å². The van der Waals surface area contributed by atoms with Crippen molar-refractivity contribution in [1.82, 2.24) is 14.5 Å². The molecule has 0 bridgehead atoms. The van der Waals surface area contributed by atoms with Crippen LogP contribution in [-0.2, 0) is 6.42 Å². The zero-order valence-corrected chi connectivity index (χ0v) is 13.2. The molecule has 21 heavy (non-hydrogen) atoms. The molecule has 1 aromatic heterocycles. The van der Waals surface area contributed by atoms with Crippen LogP contribution in [0, 0.1) is 0 Å². The van der Waals surface area contributed by atoms with Crippen LogP contribution in [0.15, 0.2) is 0 Å². The van der Waals surface area contributed by atoms with E-state index in [0.29, 0.717) is 23.7 Å². The first kappa shape index (κ1) is 14.6. The molecule has 1 fully saturated rings. The normalized spacial score (nSPS) is 26.3. The molecule has 0 aliphatic carbocycles. The van der Waals surface area contributed by atoms with Gasteiger partial charge in [0.2, 0.25) is 0 Å². The van der Waals surface area contributed by atoms with E-state index in [4.69, 9.17) is 0 Å². The Morgan fingerprint density at radius 2 is 2.14 bits per heavy atom. The van der Waals surface area contributed by atoms with Gasteiger partial charge in [0.1, 0.15) is 5.82 Å². The molecule has 5 heteroatoms. The smallest absolute Gasteiger partial charge is 0.356 e. The van der Waals surface area contributed by atoms with Crippen LogP contribution >= 0.6 is 0 Å². The molecular weight excluding hydrogens is 266 g/mol. The first-order valence-corrected chi connectivity index (χ1v) is 8.07. The van der Waals surface area contributed by atoms with Gasteiger partial charge in [-0.25, -0.2) is 9.78 Å². The van der Waals surface area contributed by atoms with E-state index in [9.17, 15) is 9.90 Å². The molecule has 3 heterocycles. The Balaban J connectivity index is 1.97. The van der Waals surface area contributed by atoms with Gasteiger partial charge in [0.25, 0.3) is 0 Å². The van der Waals surface area contributed by atoms with Gasteiger partial charge in [0, 0.05) is 24.5 Å². The lowest BCUT2D eigenvalue weighted by molar-refractivity contribution is 0.0689. The third-order valence-electron chi connectivity index (χ3n) is 5.03. The minimum Gasteiger partial charge on any atom is -0.476 e. The highest BCUT2D eigenvalue weighted by Crippen LogP contribution is 2.35. The summed E-state index contributed by atoms with van der Waals surface area (Å²) < 4.78 is 2.24. The number of imidazole rings is 1. The summed E-state index contributed by atoms with van der Waals surface area (Å²) >= 11 is 0. The second-order valence-electron chi connectivity index (χ2n) is 6.76. The monoisotopic (exact) mass is 291 g/mol. The SMILES string of the molecule is CC(C)N1CCC(c2nc(C(=O)O)c3n2C(C)CCC3)C1. The molecule has 1 aromatic rings. The molecule has 1 N–H and O–H groups in total. The summed E-state index contributed by atoms with van der Waals surface area (Å²) in [4.78, 5) is 18.5. The van der Waals surface area contributed by atoms with Crippen molar-refractivity contribution in [2.45, 2.75) is 64.5 Å². The molecule has 5 nitrogen and oxygen atoms in total. The van der Waals surface area contributed by atoms with Crippen molar-refractivity contribution < 1.29 is 9.90 Å². The maximum atomic E-state index is 11.5. The van der Waals surface area contributed by atoms with Gasteiger partial charge >= 0.3 is 5.97 Å². The van der Waals surface area contributed by atoms with E-state index in [1.54, 1.807) is 0 Å². The molecular formula is C16H25N3O2. The van der Waals surface area contributed by atoms with Gasteiger partial charge in [-0.05, 0) is 53.0 Å². The summed E-state index contributed by atoms with van der Waals surface area (Å²) in [6.07, 6.45) is 4.12. The third kappa shape index (κ3) is 2.48. The number of hydrogen-bond acceptors (Lipinski definition) is 3.